The first-order chi connectivity index (χ1) is 14.8. The number of benzene rings is 1. The Balaban J connectivity index is 1.47. The molecule has 1 aliphatic heterocycles. The van der Waals surface area contributed by atoms with Crippen LogP contribution >= 0.6 is 11.3 Å². The molecule has 1 fully saturated rings. The lowest BCUT2D eigenvalue weighted by Gasteiger charge is -2.34. The van der Waals surface area contributed by atoms with Gasteiger partial charge in [0.2, 0.25) is 10.0 Å². The van der Waals surface area contributed by atoms with Crippen LogP contribution in [0.1, 0.15) is 26.5 Å². The van der Waals surface area contributed by atoms with Crippen molar-refractivity contribution in [3.63, 3.8) is 0 Å². The standard InChI is InChI=1S/C22H24N4O3S2/c1-15-7-8-18(14-16(15)2)31(28,29)26-12-10-25(11-13-26)22(27)20-17(3)24-21(30-20)19-6-4-5-9-23-19/h4-9,14H,10-13H2,1-3H3. The van der Waals surface area contributed by atoms with Crippen LogP contribution in [0.15, 0.2) is 47.5 Å². The Hall–Kier alpha value is -2.62. The van der Waals surface area contributed by atoms with Crippen LogP contribution in [0, 0.1) is 20.8 Å². The van der Waals surface area contributed by atoms with E-state index < -0.39 is 10.0 Å². The summed E-state index contributed by atoms with van der Waals surface area (Å²) in [4.78, 5) is 24.5. The predicted molar refractivity (Wildman–Crippen MR) is 121 cm³/mol. The smallest absolute Gasteiger partial charge is 0.265 e. The summed E-state index contributed by atoms with van der Waals surface area (Å²) in [7, 11) is -3.58. The second-order valence-electron chi connectivity index (χ2n) is 7.59. The van der Waals surface area contributed by atoms with Crippen LogP contribution in [0.3, 0.4) is 0 Å². The van der Waals surface area contributed by atoms with Crippen molar-refractivity contribution in [1.29, 1.82) is 0 Å². The van der Waals surface area contributed by atoms with Crippen LogP contribution in [-0.2, 0) is 10.0 Å². The lowest BCUT2D eigenvalue weighted by Crippen LogP contribution is -2.50. The van der Waals surface area contributed by atoms with Gasteiger partial charge in [0.1, 0.15) is 9.88 Å². The van der Waals surface area contributed by atoms with Gasteiger partial charge in [-0.15, -0.1) is 11.3 Å². The first-order valence-electron chi connectivity index (χ1n) is 10.0. The van der Waals surface area contributed by atoms with E-state index in [0.717, 1.165) is 16.8 Å². The quantitative estimate of drug-likeness (QED) is 0.602. The average molecular weight is 457 g/mol. The van der Waals surface area contributed by atoms with Crippen molar-refractivity contribution in [1.82, 2.24) is 19.2 Å². The maximum absolute atomic E-state index is 13.1. The predicted octanol–water partition coefficient (Wildman–Crippen LogP) is 3.28. The zero-order valence-electron chi connectivity index (χ0n) is 17.7. The van der Waals surface area contributed by atoms with Gasteiger partial charge in [-0.05, 0) is 56.2 Å². The SMILES string of the molecule is Cc1ccc(S(=O)(=O)N2CCN(C(=O)c3sc(-c4ccccn4)nc3C)CC2)cc1C. The minimum atomic E-state index is -3.58. The van der Waals surface area contributed by atoms with Crippen molar-refractivity contribution in [2.45, 2.75) is 25.7 Å². The van der Waals surface area contributed by atoms with Crippen LogP contribution in [0.2, 0.25) is 0 Å². The minimum Gasteiger partial charge on any atom is -0.335 e. The molecule has 0 unspecified atom stereocenters. The van der Waals surface area contributed by atoms with E-state index in [1.807, 2.05) is 45.0 Å². The molecule has 7 nitrogen and oxygen atoms in total. The molecule has 0 spiro atoms. The number of carbonyl (C=O) groups is 1. The molecule has 4 rings (SSSR count). The Morgan fingerprint density at radius 1 is 1.00 bits per heavy atom. The van der Waals surface area contributed by atoms with E-state index in [9.17, 15) is 13.2 Å². The summed E-state index contributed by atoms with van der Waals surface area (Å²) < 4.78 is 27.5. The van der Waals surface area contributed by atoms with Crippen LogP contribution in [0.4, 0.5) is 0 Å². The van der Waals surface area contributed by atoms with Gasteiger partial charge in [-0.25, -0.2) is 13.4 Å². The highest BCUT2D eigenvalue weighted by molar-refractivity contribution is 7.89. The third kappa shape index (κ3) is 4.26. The molecule has 3 heterocycles. The van der Waals surface area contributed by atoms with Gasteiger partial charge in [-0.3, -0.25) is 9.78 Å². The van der Waals surface area contributed by atoms with Gasteiger partial charge >= 0.3 is 0 Å². The molecule has 1 aromatic carbocycles. The molecule has 1 saturated heterocycles. The van der Waals surface area contributed by atoms with E-state index in [1.54, 1.807) is 23.2 Å². The summed E-state index contributed by atoms with van der Waals surface area (Å²) in [5.74, 6) is -0.111. The zero-order valence-corrected chi connectivity index (χ0v) is 19.3. The number of amides is 1. The number of pyridine rings is 1. The monoisotopic (exact) mass is 456 g/mol. The van der Waals surface area contributed by atoms with Gasteiger partial charge in [-0.2, -0.15) is 4.31 Å². The largest absolute Gasteiger partial charge is 0.335 e. The summed E-state index contributed by atoms with van der Waals surface area (Å²) in [6.07, 6.45) is 1.70. The fraction of sp³-hybridized carbons (Fsp3) is 0.318. The Labute approximate surface area is 186 Å². The number of hydrogen-bond acceptors (Lipinski definition) is 6. The molecule has 2 aromatic heterocycles. The Morgan fingerprint density at radius 2 is 1.74 bits per heavy atom. The maximum Gasteiger partial charge on any atom is 0.265 e. The topological polar surface area (TPSA) is 83.5 Å². The molecule has 0 atom stereocenters. The van der Waals surface area contributed by atoms with E-state index in [2.05, 4.69) is 9.97 Å². The number of hydrogen-bond donors (Lipinski definition) is 0. The van der Waals surface area contributed by atoms with Crippen molar-refractivity contribution >= 4 is 27.3 Å². The van der Waals surface area contributed by atoms with Gasteiger partial charge in [0.25, 0.3) is 5.91 Å². The number of aryl methyl sites for hydroxylation is 3. The normalized spacial score (nSPS) is 15.3. The molecule has 31 heavy (non-hydrogen) atoms. The van der Waals surface area contributed by atoms with E-state index in [4.69, 9.17) is 0 Å². The molecule has 1 aliphatic rings. The van der Waals surface area contributed by atoms with E-state index in [1.165, 1.54) is 15.6 Å². The summed E-state index contributed by atoms with van der Waals surface area (Å²) >= 11 is 1.32. The third-order valence-electron chi connectivity index (χ3n) is 5.52. The van der Waals surface area contributed by atoms with Gasteiger partial charge < -0.3 is 4.90 Å². The zero-order chi connectivity index (χ0) is 22.2. The van der Waals surface area contributed by atoms with E-state index in [-0.39, 0.29) is 19.0 Å². The molecular weight excluding hydrogens is 432 g/mol. The van der Waals surface area contributed by atoms with Gasteiger partial charge in [-0.1, -0.05) is 12.1 Å². The lowest BCUT2D eigenvalue weighted by molar-refractivity contribution is 0.0702. The van der Waals surface area contributed by atoms with Gasteiger partial charge in [0.05, 0.1) is 16.3 Å². The highest BCUT2D eigenvalue weighted by Crippen LogP contribution is 2.28. The molecule has 3 aromatic rings. The summed E-state index contributed by atoms with van der Waals surface area (Å²) in [5.41, 5.74) is 3.40. The number of carbonyl (C=O) groups excluding carboxylic acids is 1. The molecule has 0 N–H and O–H groups in total. The average Bonchev–Trinajstić information content (AvgIpc) is 3.17. The second kappa shape index (κ2) is 8.49. The van der Waals surface area contributed by atoms with Crippen LogP contribution in [0.5, 0.6) is 0 Å². The van der Waals surface area contributed by atoms with Crippen molar-refractivity contribution in [2.24, 2.45) is 0 Å². The van der Waals surface area contributed by atoms with Crippen LogP contribution < -0.4 is 0 Å². The molecule has 162 valence electrons. The third-order valence-corrected chi connectivity index (χ3v) is 8.58. The second-order valence-corrected chi connectivity index (χ2v) is 10.5. The van der Waals surface area contributed by atoms with Crippen LogP contribution in [0.25, 0.3) is 10.7 Å². The first kappa shape index (κ1) is 21.6. The molecule has 9 heteroatoms. The van der Waals surface area contributed by atoms with Crippen molar-refractivity contribution in [3.8, 4) is 10.7 Å². The Bertz CT molecular complexity index is 1210. The summed E-state index contributed by atoms with van der Waals surface area (Å²) in [6, 6.07) is 10.8. The van der Waals surface area contributed by atoms with Crippen molar-refractivity contribution in [3.05, 3.63) is 64.3 Å². The number of aromatic nitrogens is 2. The molecule has 1 amide bonds. The first-order valence-corrected chi connectivity index (χ1v) is 12.3. The highest BCUT2D eigenvalue weighted by Gasteiger charge is 2.32. The summed E-state index contributed by atoms with van der Waals surface area (Å²) in [5, 5.41) is 0.706. The van der Waals surface area contributed by atoms with E-state index in [0.29, 0.717) is 33.6 Å². The Morgan fingerprint density at radius 3 is 2.39 bits per heavy atom. The van der Waals surface area contributed by atoms with Crippen molar-refractivity contribution in [2.75, 3.05) is 26.2 Å². The number of rotatable bonds is 4. The maximum atomic E-state index is 13.1. The molecule has 0 saturated carbocycles. The van der Waals surface area contributed by atoms with Gasteiger partial charge in [0.15, 0.2) is 0 Å². The highest BCUT2D eigenvalue weighted by atomic mass is 32.2. The molecule has 0 radical (unpaired) electrons. The summed E-state index contributed by atoms with van der Waals surface area (Å²) in [6.45, 7) is 6.91. The number of thiazole rings is 1. The fourth-order valence-corrected chi connectivity index (χ4v) is 6.01. The number of sulfonamides is 1. The molecule has 0 aliphatic carbocycles. The van der Waals surface area contributed by atoms with Crippen molar-refractivity contribution < 1.29 is 13.2 Å². The molecular formula is C22H24N4O3S2. The van der Waals surface area contributed by atoms with Crippen LogP contribution in [-0.4, -0.2) is 59.7 Å². The fourth-order valence-electron chi connectivity index (χ4n) is 3.49. The number of nitrogens with zero attached hydrogens (tertiary/aromatic N) is 4. The lowest BCUT2D eigenvalue weighted by atomic mass is 10.1. The van der Waals surface area contributed by atoms with Gasteiger partial charge in [0, 0.05) is 32.4 Å². The number of piperazine rings is 1. The van der Waals surface area contributed by atoms with E-state index >= 15 is 0 Å². The molecule has 0 bridgehead atoms. The Kier molecular flexibility index (Phi) is 5.92. The minimum absolute atomic E-state index is 0.111.